The summed E-state index contributed by atoms with van der Waals surface area (Å²) in [6.07, 6.45) is 0.398. The van der Waals surface area contributed by atoms with Crippen LogP contribution in [0.5, 0.6) is 5.75 Å². The van der Waals surface area contributed by atoms with Gasteiger partial charge in [-0.1, -0.05) is 48.5 Å². The van der Waals surface area contributed by atoms with Crippen LogP contribution in [0.2, 0.25) is 0 Å². The number of carbonyl (C=O) groups excluding carboxylic acids is 1. The zero-order valence-corrected chi connectivity index (χ0v) is 13.7. The van der Waals surface area contributed by atoms with E-state index in [2.05, 4.69) is 0 Å². The summed E-state index contributed by atoms with van der Waals surface area (Å²) in [5, 5.41) is 9.38. The molecule has 0 heterocycles. The van der Waals surface area contributed by atoms with Crippen LogP contribution in [0.15, 0.2) is 84.9 Å². The first kappa shape index (κ1) is 16.7. The Labute approximate surface area is 147 Å². The van der Waals surface area contributed by atoms with Crippen LogP contribution in [0.25, 0.3) is 0 Å². The molecule has 0 radical (unpaired) electrons. The van der Waals surface area contributed by atoms with Crippen molar-refractivity contribution in [3.8, 4) is 5.75 Å². The molecule has 0 unspecified atom stereocenters. The van der Waals surface area contributed by atoms with Gasteiger partial charge in [0.05, 0.1) is 6.04 Å². The van der Waals surface area contributed by atoms with Crippen LogP contribution in [-0.2, 0) is 11.2 Å². The molecule has 1 atom stereocenters. The average molecular weight is 332 g/mol. The lowest BCUT2D eigenvalue weighted by atomic mass is 10.0. The van der Waals surface area contributed by atoms with Crippen molar-refractivity contribution in [1.82, 2.24) is 0 Å². The molecule has 126 valence electrons. The van der Waals surface area contributed by atoms with E-state index in [9.17, 15) is 9.90 Å². The zero-order valence-electron chi connectivity index (χ0n) is 13.7. The predicted octanol–water partition coefficient (Wildman–Crippen LogP) is 3.63. The molecule has 4 nitrogen and oxygen atoms in total. The first-order valence-electron chi connectivity index (χ1n) is 8.13. The number of rotatable bonds is 5. The monoisotopic (exact) mass is 332 g/mol. The van der Waals surface area contributed by atoms with E-state index in [1.165, 1.54) is 0 Å². The fourth-order valence-corrected chi connectivity index (χ4v) is 2.70. The summed E-state index contributed by atoms with van der Waals surface area (Å²) >= 11 is 0. The van der Waals surface area contributed by atoms with E-state index >= 15 is 0 Å². The number of para-hydroxylation sites is 2. The number of hydrogen-bond donors (Lipinski definition) is 2. The van der Waals surface area contributed by atoms with Crippen molar-refractivity contribution in [3.63, 3.8) is 0 Å². The van der Waals surface area contributed by atoms with Crippen LogP contribution in [0.4, 0.5) is 11.4 Å². The lowest BCUT2D eigenvalue weighted by molar-refractivity contribution is -0.119. The minimum atomic E-state index is -0.690. The lowest BCUT2D eigenvalue weighted by Crippen LogP contribution is -2.42. The number of carbonyl (C=O) groups is 1. The highest BCUT2D eigenvalue weighted by Crippen LogP contribution is 2.26. The van der Waals surface area contributed by atoms with Crippen molar-refractivity contribution in [2.75, 3.05) is 4.90 Å². The van der Waals surface area contributed by atoms with Crippen molar-refractivity contribution < 1.29 is 9.90 Å². The molecule has 0 fully saturated rings. The molecule has 3 aromatic carbocycles. The van der Waals surface area contributed by atoms with Crippen molar-refractivity contribution in [2.24, 2.45) is 5.73 Å². The Morgan fingerprint density at radius 3 is 1.80 bits per heavy atom. The Balaban J connectivity index is 1.87. The van der Waals surface area contributed by atoms with Crippen LogP contribution >= 0.6 is 0 Å². The molecule has 0 aliphatic carbocycles. The van der Waals surface area contributed by atoms with E-state index in [4.69, 9.17) is 5.73 Å². The number of amides is 1. The molecule has 0 aliphatic heterocycles. The summed E-state index contributed by atoms with van der Waals surface area (Å²) < 4.78 is 0. The summed E-state index contributed by atoms with van der Waals surface area (Å²) in [4.78, 5) is 14.7. The normalized spacial score (nSPS) is 11.7. The quantitative estimate of drug-likeness (QED) is 0.750. The first-order chi connectivity index (χ1) is 12.1. The second-order valence-corrected chi connectivity index (χ2v) is 5.82. The lowest BCUT2D eigenvalue weighted by Gasteiger charge is -2.26. The molecule has 0 aromatic heterocycles. The number of hydrogen-bond acceptors (Lipinski definition) is 3. The van der Waals surface area contributed by atoms with Crippen LogP contribution in [0.1, 0.15) is 5.56 Å². The number of anilines is 2. The van der Waals surface area contributed by atoms with Gasteiger partial charge in [0.15, 0.2) is 0 Å². The van der Waals surface area contributed by atoms with E-state index in [0.29, 0.717) is 6.42 Å². The van der Waals surface area contributed by atoms with E-state index in [1.807, 2.05) is 60.7 Å². The average Bonchev–Trinajstić information content (AvgIpc) is 2.65. The van der Waals surface area contributed by atoms with E-state index < -0.39 is 6.04 Å². The highest BCUT2D eigenvalue weighted by Gasteiger charge is 2.24. The largest absolute Gasteiger partial charge is 0.508 e. The summed E-state index contributed by atoms with van der Waals surface area (Å²) in [6, 6.07) is 25.0. The van der Waals surface area contributed by atoms with Crippen LogP contribution in [-0.4, -0.2) is 17.1 Å². The fourth-order valence-electron chi connectivity index (χ4n) is 2.70. The second-order valence-electron chi connectivity index (χ2n) is 5.82. The first-order valence-corrected chi connectivity index (χ1v) is 8.13. The maximum absolute atomic E-state index is 13.1. The molecule has 0 spiro atoms. The van der Waals surface area contributed by atoms with Gasteiger partial charge in [-0.2, -0.15) is 0 Å². The van der Waals surface area contributed by atoms with Gasteiger partial charge < -0.3 is 10.8 Å². The zero-order chi connectivity index (χ0) is 17.6. The second kappa shape index (κ2) is 7.64. The van der Waals surface area contributed by atoms with E-state index in [-0.39, 0.29) is 11.7 Å². The van der Waals surface area contributed by atoms with Gasteiger partial charge in [-0.05, 0) is 48.4 Å². The van der Waals surface area contributed by atoms with Gasteiger partial charge in [-0.25, -0.2) is 0 Å². The maximum Gasteiger partial charge on any atom is 0.248 e. The minimum Gasteiger partial charge on any atom is -0.508 e. The number of nitrogens with zero attached hydrogens (tertiary/aromatic N) is 1. The molecule has 4 heteroatoms. The Kier molecular flexibility index (Phi) is 5.11. The standard InChI is InChI=1S/C21H20N2O2/c22-20(15-16-11-13-19(24)14-12-16)21(25)23(17-7-3-1-4-8-17)18-9-5-2-6-10-18/h1-14,20,24H,15,22H2/t20-/m0/s1. The van der Waals surface area contributed by atoms with Crippen molar-refractivity contribution in [3.05, 3.63) is 90.5 Å². The molecular formula is C21H20N2O2. The molecule has 0 aliphatic rings. The number of phenols is 1. The number of aromatic hydroxyl groups is 1. The van der Waals surface area contributed by atoms with Gasteiger partial charge in [0, 0.05) is 11.4 Å². The molecule has 0 saturated carbocycles. The van der Waals surface area contributed by atoms with E-state index in [0.717, 1.165) is 16.9 Å². The summed E-state index contributed by atoms with van der Waals surface area (Å²) in [5.74, 6) is 0.0179. The number of nitrogens with two attached hydrogens (primary N) is 1. The maximum atomic E-state index is 13.1. The molecule has 3 N–H and O–H groups in total. The molecule has 3 rings (SSSR count). The highest BCUT2D eigenvalue weighted by atomic mass is 16.3. The van der Waals surface area contributed by atoms with Crippen molar-refractivity contribution in [2.45, 2.75) is 12.5 Å². The minimum absolute atomic E-state index is 0.175. The molecule has 3 aromatic rings. The summed E-state index contributed by atoms with van der Waals surface area (Å²) in [5.41, 5.74) is 8.67. The van der Waals surface area contributed by atoms with E-state index in [1.54, 1.807) is 29.2 Å². The Hall–Kier alpha value is -3.11. The summed E-state index contributed by atoms with van der Waals surface area (Å²) in [6.45, 7) is 0. The third-order valence-corrected chi connectivity index (χ3v) is 3.96. The van der Waals surface area contributed by atoms with Crippen LogP contribution in [0.3, 0.4) is 0 Å². The van der Waals surface area contributed by atoms with Gasteiger partial charge in [0.1, 0.15) is 5.75 Å². The molecule has 0 bridgehead atoms. The van der Waals surface area contributed by atoms with Gasteiger partial charge >= 0.3 is 0 Å². The molecular weight excluding hydrogens is 312 g/mol. The topological polar surface area (TPSA) is 66.6 Å². The fraction of sp³-hybridized carbons (Fsp3) is 0.0952. The Morgan fingerprint density at radius 1 is 0.840 bits per heavy atom. The predicted molar refractivity (Wildman–Crippen MR) is 99.8 cm³/mol. The Morgan fingerprint density at radius 2 is 1.32 bits per heavy atom. The van der Waals surface area contributed by atoms with Gasteiger partial charge in [0.2, 0.25) is 5.91 Å². The Bertz CT molecular complexity index is 778. The van der Waals surface area contributed by atoms with Crippen LogP contribution in [0, 0.1) is 0 Å². The SMILES string of the molecule is N[C@@H](Cc1ccc(O)cc1)C(=O)N(c1ccccc1)c1ccccc1. The molecule has 0 saturated heterocycles. The number of phenolic OH excluding ortho intramolecular Hbond substituents is 1. The molecule has 1 amide bonds. The van der Waals surface area contributed by atoms with Gasteiger partial charge in [-0.15, -0.1) is 0 Å². The third kappa shape index (κ3) is 4.05. The van der Waals surface area contributed by atoms with Gasteiger partial charge in [-0.3, -0.25) is 9.69 Å². The van der Waals surface area contributed by atoms with Crippen molar-refractivity contribution in [1.29, 1.82) is 0 Å². The summed E-state index contributed by atoms with van der Waals surface area (Å²) in [7, 11) is 0. The third-order valence-electron chi connectivity index (χ3n) is 3.96. The smallest absolute Gasteiger partial charge is 0.248 e. The molecule has 25 heavy (non-hydrogen) atoms. The van der Waals surface area contributed by atoms with Crippen LogP contribution < -0.4 is 10.6 Å². The van der Waals surface area contributed by atoms with Gasteiger partial charge in [0.25, 0.3) is 0 Å². The number of benzene rings is 3. The van der Waals surface area contributed by atoms with Crippen molar-refractivity contribution >= 4 is 17.3 Å². The highest BCUT2D eigenvalue weighted by molar-refractivity contribution is 6.03.